The van der Waals surface area contributed by atoms with E-state index >= 15 is 0 Å². The van der Waals surface area contributed by atoms with E-state index in [1.54, 1.807) is 23.9 Å². The van der Waals surface area contributed by atoms with Gasteiger partial charge in [-0.1, -0.05) is 55.9 Å². The summed E-state index contributed by atoms with van der Waals surface area (Å²) in [4.78, 5) is 0. The van der Waals surface area contributed by atoms with Gasteiger partial charge in [-0.25, -0.2) is 4.39 Å². The van der Waals surface area contributed by atoms with Gasteiger partial charge in [0.1, 0.15) is 5.82 Å². The monoisotopic (exact) mass is 341 g/mol. The summed E-state index contributed by atoms with van der Waals surface area (Å²) in [5, 5.41) is 10.1. The van der Waals surface area contributed by atoms with Crippen LogP contribution in [0.15, 0.2) is 59.8 Å². The van der Waals surface area contributed by atoms with E-state index < -0.39 is 0 Å². The summed E-state index contributed by atoms with van der Waals surface area (Å²) < 4.78 is 15.3. The third-order valence-corrected chi connectivity index (χ3v) is 5.13. The standard InChI is InChI=1S/C19H20FN3S/c1-3-14(2)24-19-22-21-18(16-9-11-17(20)12-10-16)23(19)13-15-7-5-4-6-8-15/h4-12,14H,3,13H2,1-2H3. The van der Waals surface area contributed by atoms with Crippen molar-refractivity contribution in [2.45, 2.75) is 37.2 Å². The third-order valence-electron chi connectivity index (χ3n) is 3.88. The topological polar surface area (TPSA) is 30.7 Å². The first-order valence-corrected chi connectivity index (χ1v) is 8.95. The first kappa shape index (κ1) is 16.7. The molecule has 0 bridgehead atoms. The SMILES string of the molecule is CCC(C)Sc1nnc(-c2ccc(F)cc2)n1Cc1ccccc1. The molecule has 0 amide bonds. The molecule has 1 atom stereocenters. The molecule has 0 aliphatic carbocycles. The van der Waals surface area contributed by atoms with E-state index in [1.807, 2.05) is 18.2 Å². The van der Waals surface area contributed by atoms with Crippen molar-refractivity contribution in [2.24, 2.45) is 0 Å². The molecule has 0 saturated heterocycles. The van der Waals surface area contributed by atoms with Gasteiger partial charge in [0.05, 0.1) is 6.54 Å². The van der Waals surface area contributed by atoms with Crippen molar-refractivity contribution in [2.75, 3.05) is 0 Å². The van der Waals surface area contributed by atoms with Gasteiger partial charge in [-0.05, 0) is 36.2 Å². The van der Waals surface area contributed by atoms with Crippen molar-refractivity contribution < 1.29 is 4.39 Å². The summed E-state index contributed by atoms with van der Waals surface area (Å²) >= 11 is 1.72. The maximum Gasteiger partial charge on any atom is 0.192 e. The fourth-order valence-corrected chi connectivity index (χ4v) is 3.25. The van der Waals surface area contributed by atoms with E-state index in [0.29, 0.717) is 11.8 Å². The van der Waals surface area contributed by atoms with Gasteiger partial charge in [-0.2, -0.15) is 0 Å². The second-order valence-electron chi connectivity index (χ2n) is 5.72. The Morgan fingerprint density at radius 2 is 1.75 bits per heavy atom. The van der Waals surface area contributed by atoms with Gasteiger partial charge in [0, 0.05) is 10.8 Å². The number of thioether (sulfide) groups is 1. The molecule has 1 heterocycles. The lowest BCUT2D eigenvalue weighted by molar-refractivity contribution is 0.628. The predicted octanol–water partition coefficient (Wildman–Crippen LogP) is 5.02. The van der Waals surface area contributed by atoms with Crippen molar-refractivity contribution in [1.29, 1.82) is 0 Å². The Kier molecular flexibility index (Phi) is 5.30. The van der Waals surface area contributed by atoms with E-state index in [0.717, 1.165) is 23.0 Å². The highest BCUT2D eigenvalue weighted by molar-refractivity contribution is 7.99. The van der Waals surface area contributed by atoms with Crippen LogP contribution in [0.1, 0.15) is 25.8 Å². The Bertz CT molecular complexity index is 784. The Morgan fingerprint density at radius 1 is 1.04 bits per heavy atom. The molecule has 5 heteroatoms. The van der Waals surface area contributed by atoms with Gasteiger partial charge in [-0.15, -0.1) is 10.2 Å². The average Bonchev–Trinajstić information content (AvgIpc) is 2.99. The van der Waals surface area contributed by atoms with Crippen LogP contribution in [-0.4, -0.2) is 20.0 Å². The van der Waals surface area contributed by atoms with Crippen LogP contribution in [0.4, 0.5) is 4.39 Å². The van der Waals surface area contributed by atoms with Gasteiger partial charge in [0.15, 0.2) is 11.0 Å². The second kappa shape index (κ2) is 7.62. The molecule has 1 unspecified atom stereocenters. The van der Waals surface area contributed by atoms with Gasteiger partial charge in [-0.3, -0.25) is 4.57 Å². The molecule has 0 spiro atoms. The molecule has 3 nitrogen and oxygen atoms in total. The lowest BCUT2D eigenvalue weighted by atomic mass is 10.2. The molecule has 3 aromatic rings. The van der Waals surface area contributed by atoms with Crippen LogP contribution in [0.5, 0.6) is 0 Å². The molecule has 124 valence electrons. The summed E-state index contributed by atoms with van der Waals surface area (Å²) in [7, 11) is 0. The summed E-state index contributed by atoms with van der Waals surface area (Å²) in [6.07, 6.45) is 1.06. The minimum Gasteiger partial charge on any atom is -0.298 e. The fourth-order valence-electron chi connectivity index (χ4n) is 2.36. The normalized spacial score (nSPS) is 12.3. The number of nitrogens with zero attached hydrogens (tertiary/aromatic N) is 3. The van der Waals surface area contributed by atoms with Crippen molar-refractivity contribution in [1.82, 2.24) is 14.8 Å². The zero-order valence-electron chi connectivity index (χ0n) is 13.8. The largest absolute Gasteiger partial charge is 0.298 e. The molecule has 0 aliphatic rings. The van der Waals surface area contributed by atoms with Crippen molar-refractivity contribution in [3.8, 4) is 11.4 Å². The predicted molar refractivity (Wildman–Crippen MR) is 96.6 cm³/mol. The van der Waals surface area contributed by atoms with Crippen molar-refractivity contribution in [3.05, 3.63) is 66.0 Å². The Morgan fingerprint density at radius 3 is 2.42 bits per heavy atom. The number of hydrogen-bond acceptors (Lipinski definition) is 3. The van der Waals surface area contributed by atoms with Crippen LogP contribution in [0.25, 0.3) is 11.4 Å². The third kappa shape index (κ3) is 3.85. The Labute approximate surface area is 145 Å². The minimum absolute atomic E-state index is 0.248. The summed E-state index contributed by atoms with van der Waals surface area (Å²) in [6.45, 7) is 5.04. The molecule has 1 aromatic heterocycles. The molecule has 2 aromatic carbocycles. The van der Waals surface area contributed by atoms with Gasteiger partial charge >= 0.3 is 0 Å². The zero-order valence-corrected chi connectivity index (χ0v) is 14.6. The fraction of sp³-hybridized carbons (Fsp3) is 0.263. The number of benzene rings is 2. The highest BCUT2D eigenvalue weighted by atomic mass is 32.2. The lowest BCUT2D eigenvalue weighted by Crippen LogP contribution is -2.06. The van der Waals surface area contributed by atoms with E-state index in [-0.39, 0.29) is 5.82 Å². The molecular weight excluding hydrogens is 321 g/mol. The minimum atomic E-state index is -0.248. The highest BCUT2D eigenvalue weighted by Gasteiger charge is 2.16. The quantitative estimate of drug-likeness (QED) is 0.590. The van der Waals surface area contributed by atoms with Crippen LogP contribution in [0.3, 0.4) is 0 Å². The molecular formula is C19H20FN3S. The Hall–Kier alpha value is -2.14. The molecule has 0 aliphatic heterocycles. The van der Waals surface area contributed by atoms with Gasteiger partial charge < -0.3 is 0 Å². The van der Waals surface area contributed by atoms with Crippen LogP contribution in [-0.2, 0) is 6.54 Å². The van der Waals surface area contributed by atoms with E-state index in [4.69, 9.17) is 0 Å². The molecule has 0 fully saturated rings. The summed E-state index contributed by atoms with van der Waals surface area (Å²) in [5.41, 5.74) is 2.06. The highest BCUT2D eigenvalue weighted by Crippen LogP contribution is 2.28. The number of halogens is 1. The second-order valence-corrected chi connectivity index (χ2v) is 7.13. The van der Waals surface area contributed by atoms with Gasteiger partial charge in [0.25, 0.3) is 0 Å². The van der Waals surface area contributed by atoms with E-state index in [2.05, 4.69) is 40.7 Å². The van der Waals surface area contributed by atoms with Crippen LogP contribution < -0.4 is 0 Å². The van der Waals surface area contributed by atoms with Crippen LogP contribution >= 0.6 is 11.8 Å². The number of aromatic nitrogens is 3. The first-order chi connectivity index (χ1) is 11.7. The van der Waals surface area contributed by atoms with Gasteiger partial charge in [0.2, 0.25) is 0 Å². The molecule has 24 heavy (non-hydrogen) atoms. The van der Waals surface area contributed by atoms with Crippen LogP contribution in [0.2, 0.25) is 0 Å². The molecule has 3 rings (SSSR count). The lowest BCUT2D eigenvalue weighted by Gasteiger charge is -2.12. The summed E-state index contributed by atoms with van der Waals surface area (Å²) in [6, 6.07) is 16.6. The van der Waals surface area contributed by atoms with E-state index in [1.165, 1.54) is 17.7 Å². The number of hydrogen-bond donors (Lipinski definition) is 0. The summed E-state index contributed by atoms with van der Waals surface area (Å²) in [5.74, 6) is 0.520. The van der Waals surface area contributed by atoms with Crippen LogP contribution in [0, 0.1) is 5.82 Å². The zero-order chi connectivity index (χ0) is 16.9. The van der Waals surface area contributed by atoms with Crippen molar-refractivity contribution in [3.63, 3.8) is 0 Å². The Balaban J connectivity index is 2.00. The maximum absolute atomic E-state index is 13.2. The average molecular weight is 341 g/mol. The molecule has 0 N–H and O–H groups in total. The smallest absolute Gasteiger partial charge is 0.192 e. The molecule has 0 radical (unpaired) electrons. The van der Waals surface area contributed by atoms with E-state index in [9.17, 15) is 4.39 Å². The van der Waals surface area contributed by atoms with Crippen molar-refractivity contribution >= 4 is 11.8 Å². The first-order valence-electron chi connectivity index (χ1n) is 8.07. The maximum atomic E-state index is 13.2. The number of rotatable bonds is 6. The molecule has 0 saturated carbocycles.